The summed E-state index contributed by atoms with van der Waals surface area (Å²) in [5, 5.41) is 0. The molecule has 0 aliphatic carbocycles. The van der Waals surface area contributed by atoms with Gasteiger partial charge in [0.15, 0.2) is 17.6 Å². The quantitative estimate of drug-likeness (QED) is 0.607. The van der Waals surface area contributed by atoms with Crippen LogP contribution in [-0.4, -0.2) is 17.1 Å². The molecule has 1 aliphatic rings. The Morgan fingerprint density at radius 3 is 2.52 bits per heavy atom. The number of benzene rings is 1. The lowest BCUT2D eigenvalue weighted by molar-refractivity contribution is -0.603. The van der Waals surface area contributed by atoms with Gasteiger partial charge in [-0.2, -0.15) is 4.57 Å². The van der Waals surface area contributed by atoms with Crippen LogP contribution in [0.25, 0.3) is 10.5 Å². The van der Waals surface area contributed by atoms with Gasteiger partial charge >= 0.3 is 0 Å². The standard InChI is InChI=1S/C21H25N4/c1-15(2)23-11-12-25(18(23)5)21-14-19(22-6)13-20(17(21)4)24-10-8-7-9-16(24)3/h7-15,18H,1-5H3/q+1/t18-/m1/s1. The fraction of sp³-hybridized carbons (Fsp3) is 0.333. The van der Waals surface area contributed by atoms with Gasteiger partial charge in [-0.1, -0.05) is 6.07 Å². The smallest absolute Gasteiger partial charge is 0.205 e. The first kappa shape index (κ1) is 17.0. The fourth-order valence-electron chi connectivity index (χ4n) is 3.48. The molecule has 25 heavy (non-hydrogen) atoms. The van der Waals surface area contributed by atoms with E-state index in [9.17, 15) is 0 Å². The zero-order chi connectivity index (χ0) is 18.1. The van der Waals surface area contributed by atoms with E-state index in [2.05, 4.69) is 78.5 Å². The molecule has 0 saturated carbocycles. The summed E-state index contributed by atoms with van der Waals surface area (Å²) in [5.74, 6) is 0. The first-order valence-corrected chi connectivity index (χ1v) is 8.68. The van der Waals surface area contributed by atoms with Gasteiger partial charge in [0.05, 0.1) is 6.57 Å². The van der Waals surface area contributed by atoms with Crippen LogP contribution in [-0.2, 0) is 0 Å². The largest absolute Gasteiger partial charge is 0.353 e. The Morgan fingerprint density at radius 1 is 1.16 bits per heavy atom. The van der Waals surface area contributed by atoms with Gasteiger partial charge in [0, 0.05) is 54.8 Å². The van der Waals surface area contributed by atoms with Crippen LogP contribution in [0.5, 0.6) is 0 Å². The van der Waals surface area contributed by atoms with E-state index in [1.54, 1.807) is 0 Å². The monoisotopic (exact) mass is 333 g/mol. The van der Waals surface area contributed by atoms with Crippen molar-refractivity contribution in [3.8, 4) is 5.69 Å². The van der Waals surface area contributed by atoms with E-state index in [-0.39, 0.29) is 6.17 Å². The minimum absolute atomic E-state index is 0.231. The Hall–Kier alpha value is -2.80. The highest BCUT2D eigenvalue weighted by Crippen LogP contribution is 2.34. The molecule has 0 fully saturated rings. The van der Waals surface area contributed by atoms with Crippen molar-refractivity contribution < 1.29 is 4.57 Å². The molecule has 0 amide bonds. The van der Waals surface area contributed by atoms with Crippen LogP contribution in [0.3, 0.4) is 0 Å². The minimum atomic E-state index is 0.231. The second-order valence-corrected chi connectivity index (χ2v) is 6.81. The van der Waals surface area contributed by atoms with Crippen molar-refractivity contribution in [2.75, 3.05) is 4.90 Å². The van der Waals surface area contributed by atoms with Crippen LogP contribution in [0, 0.1) is 20.4 Å². The maximum Gasteiger partial charge on any atom is 0.205 e. The molecule has 2 heterocycles. The molecule has 0 spiro atoms. The number of hydrogen-bond acceptors (Lipinski definition) is 2. The van der Waals surface area contributed by atoms with E-state index < -0.39 is 0 Å². The third-order valence-electron chi connectivity index (χ3n) is 4.90. The summed E-state index contributed by atoms with van der Waals surface area (Å²) in [6, 6.07) is 10.6. The number of pyridine rings is 1. The van der Waals surface area contributed by atoms with Crippen LogP contribution in [0.1, 0.15) is 32.0 Å². The van der Waals surface area contributed by atoms with Crippen molar-refractivity contribution >= 4 is 11.4 Å². The van der Waals surface area contributed by atoms with E-state index in [0.717, 1.165) is 17.1 Å². The second-order valence-electron chi connectivity index (χ2n) is 6.81. The molecule has 2 aromatic rings. The first-order chi connectivity index (χ1) is 11.9. The zero-order valence-electron chi connectivity index (χ0n) is 15.6. The molecule has 3 rings (SSSR count). The molecule has 1 aromatic heterocycles. The van der Waals surface area contributed by atoms with E-state index in [1.807, 2.05) is 24.3 Å². The first-order valence-electron chi connectivity index (χ1n) is 8.68. The molecule has 4 heteroatoms. The van der Waals surface area contributed by atoms with Gasteiger partial charge < -0.3 is 9.80 Å². The molecule has 0 bridgehead atoms. The highest BCUT2D eigenvalue weighted by atomic mass is 15.4. The molecular weight excluding hydrogens is 308 g/mol. The summed E-state index contributed by atoms with van der Waals surface area (Å²) in [7, 11) is 0. The van der Waals surface area contributed by atoms with Crippen molar-refractivity contribution in [3.05, 3.63) is 71.6 Å². The van der Waals surface area contributed by atoms with Gasteiger partial charge in [-0.05, 0) is 33.8 Å². The third kappa shape index (κ3) is 2.98. The zero-order valence-corrected chi connectivity index (χ0v) is 15.6. The summed E-state index contributed by atoms with van der Waals surface area (Å²) in [6.45, 7) is 18.3. The predicted molar refractivity (Wildman–Crippen MR) is 102 cm³/mol. The predicted octanol–water partition coefficient (Wildman–Crippen LogP) is 4.48. The number of hydrogen-bond donors (Lipinski definition) is 0. The summed E-state index contributed by atoms with van der Waals surface area (Å²) in [6.07, 6.45) is 6.54. The van der Waals surface area contributed by atoms with E-state index >= 15 is 0 Å². The molecule has 0 N–H and O–H groups in total. The van der Waals surface area contributed by atoms with Crippen LogP contribution in [0.4, 0.5) is 11.4 Å². The maximum absolute atomic E-state index is 7.52. The van der Waals surface area contributed by atoms with Gasteiger partial charge in [-0.3, -0.25) is 0 Å². The summed E-state index contributed by atoms with van der Waals surface area (Å²) < 4.78 is 2.15. The number of aromatic nitrogens is 1. The highest BCUT2D eigenvalue weighted by Gasteiger charge is 2.28. The topological polar surface area (TPSA) is 14.7 Å². The second kappa shape index (κ2) is 6.60. The Labute approximate surface area is 150 Å². The van der Waals surface area contributed by atoms with Crippen molar-refractivity contribution in [1.82, 2.24) is 4.90 Å². The molecule has 1 atom stereocenters. The lowest BCUT2D eigenvalue weighted by Crippen LogP contribution is -2.40. The third-order valence-corrected chi connectivity index (χ3v) is 4.90. The van der Waals surface area contributed by atoms with Crippen LogP contribution in [0.2, 0.25) is 0 Å². The molecular formula is C21H25N4+. The van der Waals surface area contributed by atoms with Crippen LogP contribution in [0.15, 0.2) is 48.9 Å². The molecule has 0 radical (unpaired) electrons. The Bertz CT molecular complexity index is 861. The van der Waals surface area contributed by atoms with Crippen LogP contribution >= 0.6 is 0 Å². The average molecular weight is 333 g/mol. The molecule has 1 aromatic carbocycles. The number of aryl methyl sites for hydroxylation is 1. The lowest BCUT2D eigenvalue weighted by Gasteiger charge is -2.33. The Balaban J connectivity index is 2.14. The normalized spacial score (nSPS) is 16.6. The highest BCUT2D eigenvalue weighted by molar-refractivity contribution is 5.70. The maximum atomic E-state index is 7.52. The van der Waals surface area contributed by atoms with E-state index in [1.165, 1.54) is 5.56 Å². The SMILES string of the molecule is [C-]#[N+]c1cc(N2C=CN(C(C)C)[C@H]2C)c(C)c(-[n+]2ccccc2C)c1. The van der Waals surface area contributed by atoms with Crippen molar-refractivity contribution in [1.29, 1.82) is 0 Å². The van der Waals surface area contributed by atoms with Gasteiger partial charge in [0.2, 0.25) is 5.69 Å². The number of nitrogens with zero attached hydrogens (tertiary/aromatic N) is 4. The molecule has 1 aliphatic heterocycles. The van der Waals surface area contributed by atoms with Gasteiger partial charge in [-0.25, -0.2) is 4.85 Å². The molecule has 0 unspecified atom stereocenters. The van der Waals surface area contributed by atoms with Gasteiger partial charge in [-0.15, -0.1) is 0 Å². The van der Waals surface area contributed by atoms with Gasteiger partial charge in [0.25, 0.3) is 0 Å². The van der Waals surface area contributed by atoms with Gasteiger partial charge in [0.1, 0.15) is 6.17 Å². The molecule has 4 nitrogen and oxygen atoms in total. The summed E-state index contributed by atoms with van der Waals surface area (Å²) in [4.78, 5) is 8.29. The summed E-state index contributed by atoms with van der Waals surface area (Å²) in [5.41, 5.74) is 5.13. The van der Waals surface area contributed by atoms with Crippen molar-refractivity contribution in [2.45, 2.75) is 46.8 Å². The fourth-order valence-corrected chi connectivity index (χ4v) is 3.48. The Kier molecular flexibility index (Phi) is 4.50. The minimum Gasteiger partial charge on any atom is -0.353 e. The number of rotatable bonds is 3. The summed E-state index contributed by atoms with van der Waals surface area (Å²) >= 11 is 0. The average Bonchev–Trinajstić information content (AvgIpc) is 2.97. The molecule has 0 saturated heterocycles. The van der Waals surface area contributed by atoms with Crippen molar-refractivity contribution in [3.63, 3.8) is 0 Å². The van der Waals surface area contributed by atoms with Crippen molar-refractivity contribution in [2.24, 2.45) is 0 Å². The Morgan fingerprint density at radius 2 is 1.92 bits per heavy atom. The lowest BCUT2D eigenvalue weighted by atomic mass is 10.1. The van der Waals surface area contributed by atoms with Crippen LogP contribution < -0.4 is 9.47 Å². The number of anilines is 1. The molecule has 128 valence electrons. The van der Waals surface area contributed by atoms with E-state index in [4.69, 9.17) is 6.57 Å². The van der Waals surface area contributed by atoms with E-state index in [0.29, 0.717) is 11.7 Å².